The van der Waals surface area contributed by atoms with Gasteiger partial charge in [0, 0.05) is 20.1 Å². The van der Waals surface area contributed by atoms with E-state index in [-0.39, 0.29) is 5.78 Å². The molecule has 1 aromatic carbocycles. The van der Waals surface area contributed by atoms with E-state index in [9.17, 15) is 4.79 Å². The van der Waals surface area contributed by atoms with Gasteiger partial charge >= 0.3 is 0 Å². The number of nitrogens with two attached hydrogens (primary N) is 1. The zero-order valence-corrected chi connectivity index (χ0v) is 13.5. The maximum Gasteiger partial charge on any atom is 0.186 e. The van der Waals surface area contributed by atoms with Gasteiger partial charge in [0.2, 0.25) is 0 Å². The second kappa shape index (κ2) is 7.49. The van der Waals surface area contributed by atoms with Crippen molar-refractivity contribution in [2.75, 3.05) is 13.7 Å². The number of nitrogens with zero attached hydrogens (tertiary/aromatic N) is 2. The van der Waals surface area contributed by atoms with E-state index >= 15 is 0 Å². The predicted molar refractivity (Wildman–Crippen MR) is 84.2 cm³/mol. The summed E-state index contributed by atoms with van der Waals surface area (Å²) in [5.74, 6) is 0.0105. The fourth-order valence-electron chi connectivity index (χ4n) is 2.17. The number of halogens is 1. The number of methoxy groups -OCH3 is 1. The smallest absolute Gasteiger partial charge is 0.186 e. The summed E-state index contributed by atoms with van der Waals surface area (Å²) < 4.78 is 7.41. The van der Waals surface area contributed by atoms with E-state index in [0.29, 0.717) is 36.3 Å². The average Bonchev–Trinajstić information content (AvgIpc) is 2.86. The van der Waals surface area contributed by atoms with Gasteiger partial charge in [-0.05, 0) is 27.1 Å². The van der Waals surface area contributed by atoms with Crippen molar-refractivity contribution in [3.63, 3.8) is 0 Å². The van der Waals surface area contributed by atoms with Crippen molar-refractivity contribution in [3.05, 3.63) is 51.8 Å². The molecule has 0 bridgehead atoms. The molecular formula is C15H18BrN3O2. The van der Waals surface area contributed by atoms with Crippen molar-refractivity contribution in [1.82, 2.24) is 9.78 Å². The highest BCUT2D eigenvalue weighted by Crippen LogP contribution is 2.19. The molecule has 0 saturated heterocycles. The van der Waals surface area contributed by atoms with E-state index in [2.05, 4.69) is 21.0 Å². The zero-order chi connectivity index (χ0) is 15.2. The van der Waals surface area contributed by atoms with Crippen LogP contribution in [0.4, 0.5) is 0 Å². The van der Waals surface area contributed by atoms with Crippen molar-refractivity contribution in [2.45, 2.75) is 19.5 Å². The molecular weight excluding hydrogens is 334 g/mol. The van der Waals surface area contributed by atoms with E-state index in [1.54, 1.807) is 18.0 Å². The molecule has 0 spiro atoms. The number of ether oxygens (including phenoxy) is 1. The number of carbonyl (C=O) groups is 1. The minimum absolute atomic E-state index is 0.0105. The van der Waals surface area contributed by atoms with Crippen LogP contribution in [0.15, 0.2) is 34.9 Å². The molecule has 2 rings (SSSR count). The van der Waals surface area contributed by atoms with Crippen molar-refractivity contribution in [2.24, 2.45) is 5.73 Å². The number of benzene rings is 1. The van der Waals surface area contributed by atoms with Gasteiger partial charge in [0.25, 0.3) is 0 Å². The van der Waals surface area contributed by atoms with Crippen LogP contribution in [0.1, 0.15) is 21.6 Å². The lowest BCUT2D eigenvalue weighted by Crippen LogP contribution is -2.16. The topological polar surface area (TPSA) is 70.1 Å². The molecule has 2 aromatic rings. The van der Waals surface area contributed by atoms with E-state index < -0.39 is 0 Å². The minimum atomic E-state index is 0.0105. The first-order valence-corrected chi connectivity index (χ1v) is 7.47. The molecule has 0 saturated carbocycles. The van der Waals surface area contributed by atoms with E-state index in [0.717, 1.165) is 11.1 Å². The highest BCUT2D eigenvalue weighted by atomic mass is 79.9. The Kier molecular flexibility index (Phi) is 5.67. The summed E-state index contributed by atoms with van der Waals surface area (Å²) in [6, 6.07) is 7.72. The monoisotopic (exact) mass is 351 g/mol. The lowest BCUT2D eigenvalue weighted by Gasteiger charge is -2.09. The molecule has 0 aliphatic heterocycles. The molecule has 2 N–H and O–H groups in total. The molecule has 1 aromatic heterocycles. The molecule has 6 heteroatoms. The molecule has 112 valence electrons. The molecule has 0 amide bonds. The summed E-state index contributed by atoms with van der Waals surface area (Å²) in [5.41, 5.74) is 8.23. The molecule has 1 heterocycles. The Morgan fingerprint density at radius 2 is 2.10 bits per heavy atom. The van der Waals surface area contributed by atoms with Crippen molar-refractivity contribution in [1.29, 1.82) is 0 Å². The fourth-order valence-corrected chi connectivity index (χ4v) is 2.69. The van der Waals surface area contributed by atoms with E-state index in [1.165, 1.54) is 0 Å². The van der Waals surface area contributed by atoms with Gasteiger partial charge in [-0.1, -0.05) is 24.3 Å². The van der Waals surface area contributed by atoms with Crippen LogP contribution in [0.3, 0.4) is 0 Å². The van der Waals surface area contributed by atoms with E-state index in [4.69, 9.17) is 10.5 Å². The Labute approximate surface area is 132 Å². The second-order valence-corrected chi connectivity index (χ2v) is 5.48. The van der Waals surface area contributed by atoms with Gasteiger partial charge in [0.05, 0.1) is 23.8 Å². The normalized spacial score (nSPS) is 10.8. The molecule has 5 nitrogen and oxygen atoms in total. The molecule has 0 radical (unpaired) electrons. The largest absolute Gasteiger partial charge is 0.383 e. The first kappa shape index (κ1) is 15.9. The summed E-state index contributed by atoms with van der Waals surface area (Å²) in [7, 11) is 1.62. The maximum atomic E-state index is 12.6. The SMILES string of the molecule is COCCn1ncc(Br)c1C(=O)Cc1ccccc1CN. The third-order valence-corrected chi connectivity index (χ3v) is 3.84. The number of ketones is 1. The van der Waals surface area contributed by atoms with Crippen molar-refractivity contribution in [3.8, 4) is 0 Å². The Hall–Kier alpha value is -1.50. The first-order valence-electron chi connectivity index (χ1n) is 6.67. The van der Waals surface area contributed by atoms with Crippen LogP contribution in [0.2, 0.25) is 0 Å². The number of rotatable bonds is 7. The third-order valence-electron chi connectivity index (χ3n) is 3.26. The molecule has 0 aliphatic rings. The summed E-state index contributed by atoms with van der Waals surface area (Å²) in [4.78, 5) is 12.6. The average molecular weight is 352 g/mol. The predicted octanol–water partition coefficient (Wildman–Crippen LogP) is 2.18. The summed E-state index contributed by atoms with van der Waals surface area (Å²) >= 11 is 3.39. The molecule has 0 fully saturated rings. The molecule has 0 atom stereocenters. The van der Waals surface area contributed by atoms with Crippen molar-refractivity contribution < 1.29 is 9.53 Å². The molecule has 0 aliphatic carbocycles. The standard InChI is InChI=1S/C15H18BrN3O2/c1-21-7-6-19-15(13(16)10-18-19)14(20)8-11-4-2-3-5-12(11)9-17/h2-5,10H,6-9,17H2,1H3. The summed E-state index contributed by atoms with van der Waals surface area (Å²) in [5, 5.41) is 4.20. The van der Waals surface area contributed by atoms with Gasteiger partial charge < -0.3 is 10.5 Å². The van der Waals surface area contributed by atoms with Gasteiger partial charge in [-0.15, -0.1) is 0 Å². The van der Waals surface area contributed by atoms with Crippen LogP contribution >= 0.6 is 15.9 Å². The minimum Gasteiger partial charge on any atom is -0.383 e. The van der Waals surface area contributed by atoms with E-state index in [1.807, 2.05) is 24.3 Å². The van der Waals surface area contributed by atoms with Crippen molar-refractivity contribution >= 4 is 21.7 Å². The van der Waals surface area contributed by atoms with Crippen LogP contribution in [0, 0.1) is 0 Å². The number of hydrogen-bond acceptors (Lipinski definition) is 4. The quantitative estimate of drug-likeness (QED) is 0.776. The van der Waals surface area contributed by atoms with Gasteiger partial charge in [-0.25, -0.2) is 0 Å². The first-order chi connectivity index (χ1) is 10.2. The van der Waals surface area contributed by atoms with Crippen LogP contribution in [-0.2, 0) is 24.2 Å². The Balaban J connectivity index is 2.22. The Morgan fingerprint density at radius 1 is 1.38 bits per heavy atom. The molecule has 21 heavy (non-hydrogen) atoms. The lowest BCUT2D eigenvalue weighted by atomic mass is 10.0. The van der Waals surface area contributed by atoms with Crippen LogP contribution in [-0.4, -0.2) is 29.3 Å². The van der Waals surface area contributed by atoms with Gasteiger partial charge in [-0.2, -0.15) is 5.10 Å². The van der Waals surface area contributed by atoms with Crippen LogP contribution < -0.4 is 5.73 Å². The molecule has 0 unspecified atom stereocenters. The van der Waals surface area contributed by atoms with Gasteiger partial charge in [0.15, 0.2) is 5.78 Å². The highest BCUT2D eigenvalue weighted by molar-refractivity contribution is 9.10. The highest BCUT2D eigenvalue weighted by Gasteiger charge is 2.18. The third kappa shape index (κ3) is 3.78. The number of Topliss-reactive ketones (excluding diaryl/α,β-unsaturated/α-hetero) is 1. The number of carbonyl (C=O) groups excluding carboxylic acids is 1. The maximum absolute atomic E-state index is 12.6. The van der Waals surface area contributed by atoms with Crippen LogP contribution in [0.5, 0.6) is 0 Å². The second-order valence-electron chi connectivity index (χ2n) is 4.63. The number of hydrogen-bond donors (Lipinski definition) is 1. The number of aromatic nitrogens is 2. The zero-order valence-electron chi connectivity index (χ0n) is 11.9. The Morgan fingerprint density at radius 3 is 2.76 bits per heavy atom. The summed E-state index contributed by atoms with van der Waals surface area (Å²) in [6.45, 7) is 1.48. The van der Waals surface area contributed by atoms with Crippen LogP contribution in [0.25, 0.3) is 0 Å². The summed E-state index contributed by atoms with van der Waals surface area (Å²) in [6.07, 6.45) is 1.95. The van der Waals surface area contributed by atoms with Gasteiger partial charge in [0.1, 0.15) is 5.69 Å². The lowest BCUT2D eigenvalue weighted by molar-refractivity contribution is 0.0978. The van der Waals surface area contributed by atoms with Gasteiger partial charge in [-0.3, -0.25) is 9.48 Å². The Bertz CT molecular complexity index is 625. The fraction of sp³-hybridized carbons (Fsp3) is 0.333.